The Bertz CT molecular complexity index is 636. The molecule has 22 heavy (non-hydrogen) atoms. The fraction of sp³-hybridized carbons (Fsp3) is 0.357. The molecule has 1 aliphatic rings. The van der Waals surface area contributed by atoms with Crippen LogP contribution in [0.15, 0.2) is 29.8 Å². The van der Waals surface area contributed by atoms with Crippen molar-refractivity contribution in [1.82, 2.24) is 15.5 Å². The van der Waals surface area contributed by atoms with Crippen LogP contribution in [0.4, 0.5) is 20.0 Å². The number of hydrogen-bond donors (Lipinski definition) is 2. The van der Waals surface area contributed by atoms with E-state index >= 15 is 0 Å². The molecule has 2 N–H and O–H groups in total. The molecule has 0 saturated carbocycles. The monoisotopic (exact) mass is 321 g/mol. The van der Waals surface area contributed by atoms with E-state index in [0.717, 1.165) is 25.1 Å². The Balaban J connectivity index is 1.57. The van der Waals surface area contributed by atoms with Crippen LogP contribution in [0.1, 0.15) is 12.8 Å². The van der Waals surface area contributed by atoms with Gasteiger partial charge in [-0.15, -0.1) is 10.2 Å². The lowest BCUT2D eigenvalue weighted by molar-refractivity contribution is 0.246. The molecule has 2 heterocycles. The standard InChI is InChI=1S/C14H16FN5OS/c15-10-3-1-5-12(7-10)20-6-2-4-11(8-20)17-13(21)18-14-19-16-9-22-14/h1,3,5,7,9,11H,2,4,6,8H2,(H2,17,18,19,21). The molecule has 1 aromatic carbocycles. The van der Waals surface area contributed by atoms with Gasteiger partial charge in [0.1, 0.15) is 11.3 Å². The Morgan fingerprint density at radius 2 is 2.36 bits per heavy atom. The van der Waals surface area contributed by atoms with Crippen LogP contribution in [-0.2, 0) is 0 Å². The molecule has 116 valence electrons. The normalized spacial score (nSPS) is 18.0. The van der Waals surface area contributed by atoms with Gasteiger partial charge in [0, 0.05) is 24.8 Å². The number of halogens is 1. The summed E-state index contributed by atoms with van der Waals surface area (Å²) in [5.41, 5.74) is 2.40. The third-order valence-electron chi connectivity index (χ3n) is 3.51. The zero-order valence-electron chi connectivity index (χ0n) is 11.8. The summed E-state index contributed by atoms with van der Waals surface area (Å²) >= 11 is 1.27. The molecule has 0 radical (unpaired) electrons. The molecule has 0 spiro atoms. The first kappa shape index (κ1) is 14.7. The zero-order valence-corrected chi connectivity index (χ0v) is 12.6. The molecule has 6 nitrogen and oxygen atoms in total. The Hall–Kier alpha value is -2.22. The molecule has 2 aromatic rings. The number of benzene rings is 1. The Kier molecular flexibility index (Phi) is 4.47. The number of aromatic nitrogens is 2. The molecule has 3 rings (SSSR count). The van der Waals surface area contributed by atoms with E-state index in [-0.39, 0.29) is 17.9 Å². The molecular formula is C14H16FN5OS. The highest BCUT2D eigenvalue weighted by Gasteiger charge is 2.22. The van der Waals surface area contributed by atoms with Gasteiger partial charge >= 0.3 is 6.03 Å². The predicted molar refractivity (Wildman–Crippen MR) is 83.7 cm³/mol. The van der Waals surface area contributed by atoms with E-state index in [1.807, 2.05) is 6.07 Å². The van der Waals surface area contributed by atoms with Gasteiger partial charge in [0.05, 0.1) is 0 Å². The van der Waals surface area contributed by atoms with Gasteiger partial charge in [-0.3, -0.25) is 5.32 Å². The fourth-order valence-electron chi connectivity index (χ4n) is 2.55. The summed E-state index contributed by atoms with van der Waals surface area (Å²) in [5.74, 6) is -0.249. The number of anilines is 2. The molecule has 1 aliphatic heterocycles. The maximum Gasteiger partial charge on any atom is 0.321 e. The van der Waals surface area contributed by atoms with Crippen LogP contribution in [-0.4, -0.2) is 35.4 Å². The van der Waals surface area contributed by atoms with Crippen molar-refractivity contribution in [2.75, 3.05) is 23.3 Å². The zero-order chi connectivity index (χ0) is 15.4. The first-order valence-electron chi connectivity index (χ1n) is 7.05. The summed E-state index contributed by atoms with van der Waals surface area (Å²) in [6.07, 6.45) is 1.84. The SMILES string of the molecule is O=C(Nc1nncs1)NC1CCCN(c2cccc(F)c2)C1. The van der Waals surface area contributed by atoms with E-state index < -0.39 is 0 Å². The summed E-state index contributed by atoms with van der Waals surface area (Å²) in [6.45, 7) is 1.52. The van der Waals surface area contributed by atoms with Crippen molar-refractivity contribution in [3.63, 3.8) is 0 Å². The molecular weight excluding hydrogens is 305 g/mol. The maximum atomic E-state index is 13.3. The minimum atomic E-state index is -0.289. The summed E-state index contributed by atoms with van der Waals surface area (Å²) in [4.78, 5) is 14.0. The van der Waals surface area contributed by atoms with E-state index in [4.69, 9.17) is 0 Å². The third-order valence-corrected chi connectivity index (χ3v) is 4.12. The minimum absolute atomic E-state index is 0.0185. The molecule has 1 saturated heterocycles. The first-order valence-corrected chi connectivity index (χ1v) is 7.93. The average Bonchev–Trinajstić information content (AvgIpc) is 3.00. The summed E-state index contributed by atoms with van der Waals surface area (Å²) in [6, 6.07) is 6.26. The van der Waals surface area contributed by atoms with E-state index in [1.54, 1.807) is 11.6 Å². The Morgan fingerprint density at radius 1 is 1.45 bits per heavy atom. The van der Waals surface area contributed by atoms with Crippen molar-refractivity contribution in [2.24, 2.45) is 0 Å². The van der Waals surface area contributed by atoms with Gasteiger partial charge in [-0.05, 0) is 31.0 Å². The van der Waals surface area contributed by atoms with E-state index in [9.17, 15) is 9.18 Å². The summed E-state index contributed by atoms with van der Waals surface area (Å²) in [7, 11) is 0. The molecule has 1 unspecified atom stereocenters. The van der Waals surface area contributed by atoms with Crippen molar-refractivity contribution >= 4 is 28.2 Å². The van der Waals surface area contributed by atoms with Crippen LogP contribution < -0.4 is 15.5 Å². The maximum absolute atomic E-state index is 13.3. The number of rotatable bonds is 3. The van der Waals surface area contributed by atoms with Crippen LogP contribution in [0.3, 0.4) is 0 Å². The Morgan fingerprint density at radius 3 is 3.14 bits per heavy atom. The van der Waals surface area contributed by atoms with Gasteiger partial charge in [0.25, 0.3) is 0 Å². The number of hydrogen-bond acceptors (Lipinski definition) is 5. The van der Waals surface area contributed by atoms with E-state index in [1.165, 1.54) is 23.5 Å². The van der Waals surface area contributed by atoms with Gasteiger partial charge in [-0.25, -0.2) is 9.18 Å². The molecule has 2 amide bonds. The van der Waals surface area contributed by atoms with E-state index in [2.05, 4.69) is 25.7 Å². The number of carbonyl (C=O) groups is 1. The first-order chi connectivity index (χ1) is 10.7. The number of nitrogens with one attached hydrogen (secondary N) is 2. The van der Waals surface area contributed by atoms with Crippen LogP contribution in [0, 0.1) is 5.82 Å². The molecule has 8 heteroatoms. The van der Waals surface area contributed by atoms with Crippen molar-refractivity contribution < 1.29 is 9.18 Å². The molecule has 1 fully saturated rings. The average molecular weight is 321 g/mol. The minimum Gasteiger partial charge on any atom is -0.369 e. The smallest absolute Gasteiger partial charge is 0.321 e. The molecule has 0 aliphatic carbocycles. The largest absolute Gasteiger partial charge is 0.369 e. The summed E-state index contributed by atoms with van der Waals surface area (Å²) < 4.78 is 13.3. The lowest BCUT2D eigenvalue weighted by atomic mass is 10.1. The number of carbonyl (C=O) groups excluding carboxylic acids is 1. The van der Waals surface area contributed by atoms with Crippen molar-refractivity contribution in [3.05, 3.63) is 35.6 Å². The second-order valence-electron chi connectivity index (χ2n) is 5.11. The lowest BCUT2D eigenvalue weighted by Crippen LogP contribution is -2.49. The highest BCUT2D eigenvalue weighted by molar-refractivity contribution is 7.13. The van der Waals surface area contributed by atoms with Crippen LogP contribution >= 0.6 is 11.3 Å². The van der Waals surface area contributed by atoms with Gasteiger partial charge in [-0.1, -0.05) is 17.4 Å². The van der Waals surface area contributed by atoms with Gasteiger partial charge < -0.3 is 10.2 Å². The number of nitrogens with zero attached hydrogens (tertiary/aromatic N) is 3. The number of amides is 2. The van der Waals surface area contributed by atoms with Crippen LogP contribution in [0.25, 0.3) is 0 Å². The summed E-state index contributed by atoms with van der Waals surface area (Å²) in [5, 5.41) is 13.5. The topological polar surface area (TPSA) is 70.1 Å². The van der Waals surface area contributed by atoms with E-state index in [0.29, 0.717) is 11.7 Å². The van der Waals surface area contributed by atoms with Crippen molar-refractivity contribution in [3.8, 4) is 0 Å². The van der Waals surface area contributed by atoms with Crippen molar-refractivity contribution in [2.45, 2.75) is 18.9 Å². The van der Waals surface area contributed by atoms with Crippen LogP contribution in [0.5, 0.6) is 0 Å². The quantitative estimate of drug-likeness (QED) is 0.911. The van der Waals surface area contributed by atoms with Gasteiger partial charge in [0.2, 0.25) is 5.13 Å². The third kappa shape index (κ3) is 3.70. The Labute approximate surface area is 131 Å². The second-order valence-corrected chi connectivity index (χ2v) is 5.94. The van der Waals surface area contributed by atoms with Gasteiger partial charge in [-0.2, -0.15) is 0 Å². The second kappa shape index (κ2) is 6.69. The highest BCUT2D eigenvalue weighted by Crippen LogP contribution is 2.20. The van der Waals surface area contributed by atoms with Crippen LogP contribution in [0.2, 0.25) is 0 Å². The predicted octanol–water partition coefficient (Wildman–Crippen LogP) is 2.47. The number of piperidine rings is 1. The highest BCUT2D eigenvalue weighted by atomic mass is 32.1. The molecule has 1 atom stereocenters. The molecule has 0 bridgehead atoms. The fourth-order valence-corrected chi connectivity index (χ4v) is 2.99. The number of urea groups is 1. The van der Waals surface area contributed by atoms with Crippen molar-refractivity contribution in [1.29, 1.82) is 0 Å². The molecule has 1 aromatic heterocycles. The van der Waals surface area contributed by atoms with Gasteiger partial charge in [0.15, 0.2) is 0 Å². The lowest BCUT2D eigenvalue weighted by Gasteiger charge is -2.34.